The van der Waals surface area contributed by atoms with E-state index in [2.05, 4.69) is 29.2 Å². The van der Waals surface area contributed by atoms with Crippen LogP contribution in [0.4, 0.5) is 0 Å². The molecule has 1 aliphatic heterocycles. The molecule has 0 saturated carbocycles. The van der Waals surface area contributed by atoms with Crippen LogP contribution in [0.25, 0.3) is 4.91 Å². The first-order chi connectivity index (χ1) is 13.9. The number of rotatable bonds is 5. The molecular formula is C24H23NO3S. The molecule has 1 N–H and O–H groups in total. The molecule has 4 rings (SSSR count). The lowest BCUT2D eigenvalue weighted by Crippen LogP contribution is -2.44. The first kappa shape index (κ1) is 19.4. The third-order valence-corrected chi connectivity index (χ3v) is 6.47. The standard InChI is InChI=1S/C24H23NO3S/c1-29(27,28)24(21-14-8-9-15-22(21)26)20-16-25(17-20)23(18-10-4-2-5-11-18)19-12-6-3-7-13-19/h2-15,23,26H,16-17H2,1H3. The number of aromatic hydroxyl groups is 1. The average molecular weight is 406 g/mol. The van der Waals surface area contributed by atoms with Crippen LogP contribution < -0.4 is 0 Å². The number of para-hydroxylation sites is 1. The van der Waals surface area contributed by atoms with Crippen LogP contribution in [-0.2, 0) is 9.84 Å². The number of hydrogen-bond acceptors (Lipinski definition) is 4. The summed E-state index contributed by atoms with van der Waals surface area (Å²) in [5.74, 6) is -0.0125. The highest BCUT2D eigenvalue weighted by Gasteiger charge is 2.35. The van der Waals surface area contributed by atoms with Crippen LogP contribution in [0.5, 0.6) is 5.75 Å². The molecule has 3 aromatic carbocycles. The van der Waals surface area contributed by atoms with Gasteiger partial charge in [-0.05, 0) is 28.8 Å². The van der Waals surface area contributed by atoms with Crippen molar-refractivity contribution in [2.24, 2.45) is 0 Å². The molecule has 0 radical (unpaired) electrons. The fourth-order valence-electron chi connectivity index (χ4n) is 3.97. The summed E-state index contributed by atoms with van der Waals surface area (Å²) in [7, 11) is -3.49. The molecule has 29 heavy (non-hydrogen) atoms. The van der Waals surface area contributed by atoms with E-state index in [-0.39, 0.29) is 16.7 Å². The summed E-state index contributed by atoms with van der Waals surface area (Å²) in [6, 6.07) is 27.1. The van der Waals surface area contributed by atoms with Crippen LogP contribution in [0, 0.1) is 0 Å². The highest BCUT2D eigenvalue weighted by Crippen LogP contribution is 2.39. The van der Waals surface area contributed by atoms with Crippen LogP contribution in [0.1, 0.15) is 22.7 Å². The maximum Gasteiger partial charge on any atom is 0.176 e. The minimum atomic E-state index is -3.49. The van der Waals surface area contributed by atoms with Gasteiger partial charge < -0.3 is 5.11 Å². The van der Waals surface area contributed by atoms with Crippen molar-refractivity contribution in [3.8, 4) is 5.75 Å². The molecule has 5 heteroatoms. The topological polar surface area (TPSA) is 57.6 Å². The fourth-order valence-corrected chi connectivity index (χ4v) is 5.20. The highest BCUT2D eigenvalue weighted by atomic mass is 32.2. The summed E-state index contributed by atoms with van der Waals surface area (Å²) in [6.45, 7) is 1.07. The Bertz CT molecular complexity index is 1090. The lowest BCUT2D eigenvalue weighted by molar-refractivity contribution is 0.203. The number of phenols is 1. The second-order valence-electron chi connectivity index (χ2n) is 7.35. The average Bonchev–Trinajstić information content (AvgIpc) is 2.68. The van der Waals surface area contributed by atoms with Gasteiger partial charge >= 0.3 is 0 Å². The maximum absolute atomic E-state index is 12.5. The van der Waals surface area contributed by atoms with Gasteiger partial charge in [-0.15, -0.1) is 0 Å². The smallest absolute Gasteiger partial charge is 0.176 e. The molecule has 148 valence electrons. The van der Waals surface area contributed by atoms with Gasteiger partial charge in [-0.25, -0.2) is 8.42 Å². The summed E-state index contributed by atoms with van der Waals surface area (Å²) in [6.07, 6.45) is 1.20. The van der Waals surface area contributed by atoms with E-state index in [1.807, 2.05) is 36.4 Å². The normalized spacial score (nSPS) is 14.6. The highest BCUT2D eigenvalue weighted by molar-refractivity contribution is 8.00. The minimum absolute atomic E-state index is 0.0125. The first-order valence-corrected chi connectivity index (χ1v) is 11.4. The quantitative estimate of drug-likeness (QED) is 0.689. The Morgan fingerprint density at radius 3 is 1.79 bits per heavy atom. The van der Waals surface area contributed by atoms with Gasteiger partial charge in [0.25, 0.3) is 0 Å². The van der Waals surface area contributed by atoms with Gasteiger partial charge in [-0.1, -0.05) is 72.8 Å². The summed E-state index contributed by atoms with van der Waals surface area (Å²) >= 11 is 0. The molecule has 0 unspecified atom stereocenters. The third kappa shape index (κ3) is 3.97. The Balaban J connectivity index is 1.72. The van der Waals surface area contributed by atoms with E-state index in [9.17, 15) is 13.5 Å². The summed E-state index contributed by atoms with van der Waals surface area (Å²) in [5.41, 5.74) is 3.54. The molecule has 0 amide bonds. The lowest BCUT2D eigenvalue weighted by atomic mass is 9.92. The third-order valence-electron chi connectivity index (χ3n) is 5.22. The monoisotopic (exact) mass is 405 g/mol. The van der Waals surface area contributed by atoms with Crippen LogP contribution in [0.3, 0.4) is 0 Å². The molecule has 0 aliphatic carbocycles. The number of benzene rings is 3. The van der Waals surface area contributed by atoms with Gasteiger partial charge in [0.2, 0.25) is 0 Å². The van der Waals surface area contributed by atoms with Crippen LogP contribution in [0.2, 0.25) is 0 Å². The van der Waals surface area contributed by atoms with Crippen molar-refractivity contribution < 1.29 is 13.5 Å². The molecule has 4 nitrogen and oxygen atoms in total. The Hall–Kier alpha value is -2.89. The van der Waals surface area contributed by atoms with Crippen molar-refractivity contribution in [3.63, 3.8) is 0 Å². The SMILES string of the molecule is CS(=O)(=O)C(=C1CN(C(c2ccccc2)c2ccccc2)C1)c1ccccc1O. The number of likely N-dealkylation sites (tertiary alicyclic amines) is 1. The van der Waals surface area contributed by atoms with E-state index >= 15 is 0 Å². The van der Waals surface area contributed by atoms with E-state index in [4.69, 9.17) is 0 Å². The van der Waals surface area contributed by atoms with Gasteiger partial charge in [0.15, 0.2) is 9.84 Å². The van der Waals surface area contributed by atoms with E-state index in [1.54, 1.807) is 18.2 Å². The van der Waals surface area contributed by atoms with Crippen molar-refractivity contribution >= 4 is 14.7 Å². The largest absolute Gasteiger partial charge is 0.507 e. The molecule has 0 aromatic heterocycles. The second-order valence-corrected chi connectivity index (χ2v) is 9.30. The number of nitrogens with zero attached hydrogens (tertiary/aromatic N) is 1. The summed E-state index contributed by atoms with van der Waals surface area (Å²) < 4.78 is 25.1. The van der Waals surface area contributed by atoms with Crippen LogP contribution >= 0.6 is 0 Å². The van der Waals surface area contributed by atoms with Crippen molar-refractivity contribution in [1.29, 1.82) is 0 Å². The van der Waals surface area contributed by atoms with E-state index in [1.165, 1.54) is 23.4 Å². The van der Waals surface area contributed by atoms with Gasteiger partial charge in [-0.2, -0.15) is 0 Å². The fraction of sp³-hybridized carbons (Fsp3) is 0.167. The van der Waals surface area contributed by atoms with Gasteiger partial charge in [0.05, 0.1) is 10.9 Å². The van der Waals surface area contributed by atoms with Crippen LogP contribution in [0.15, 0.2) is 90.5 Å². The van der Waals surface area contributed by atoms with Crippen molar-refractivity contribution in [1.82, 2.24) is 4.90 Å². The maximum atomic E-state index is 12.5. The molecule has 0 bridgehead atoms. The van der Waals surface area contributed by atoms with Crippen molar-refractivity contribution in [2.75, 3.05) is 19.3 Å². The van der Waals surface area contributed by atoms with Gasteiger partial charge in [0, 0.05) is 24.9 Å². The Morgan fingerprint density at radius 1 is 0.828 bits per heavy atom. The predicted molar refractivity (Wildman–Crippen MR) is 116 cm³/mol. The first-order valence-electron chi connectivity index (χ1n) is 9.49. The van der Waals surface area contributed by atoms with E-state index in [0.29, 0.717) is 18.7 Å². The predicted octanol–water partition coefficient (Wildman–Crippen LogP) is 4.25. The Labute approximate surface area is 171 Å². The Morgan fingerprint density at radius 2 is 1.31 bits per heavy atom. The number of hydrogen-bond donors (Lipinski definition) is 1. The summed E-state index contributed by atoms with van der Waals surface area (Å²) in [4.78, 5) is 2.50. The molecular weight excluding hydrogens is 382 g/mol. The molecule has 1 aliphatic rings. The van der Waals surface area contributed by atoms with Crippen molar-refractivity contribution in [2.45, 2.75) is 6.04 Å². The number of phenolic OH excluding ortho intramolecular Hbond substituents is 1. The minimum Gasteiger partial charge on any atom is -0.507 e. The number of sulfone groups is 1. The Kier molecular flexibility index (Phi) is 5.26. The molecule has 0 spiro atoms. The van der Waals surface area contributed by atoms with E-state index < -0.39 is 9.84 Å². The van der Waals surface area contributed by atoms with Gasteiger partial charge in [0.1, 0.15) is 5.75 Å². The van der Waals surface area contributed by atoms with Crippen molar-refractivity contribution in [3.05, 3.63) is 107 Å². The van der Waals surface area contributed by atoms with Crippen LogP contribution in [-0.4, -0.2) is 37.8 Å². The molecule has 1 saturated heterocycles. The molecule has 0 atom stereocenters. The lowest BCUT2D eigenvalue weighted by Gasteiger charge is -2.42. The zero-order valence-electron chi connectivity index (χ0n) is 16.2. The summed E-state index contributed by atoms with van der Waals surface area (Å²) in [5, 5.41) is 10.2. The second kappa shape index (κ2) is 7.85. The molecule has 1 fully saturated rings. The van der Waals surface area contributed by atoms with E-state index in [0.717, 1.165) is 5.57 Å². The zero-order valence-corrected chi connectivity index (χ0v) is 17.0. The molecule has 3 aromatic rings. The zero-order chi connectivity index (χ0) is 20.4. The van der Waals surface area contributed by atoms with Gasteiger partial charge in [-0.3, -0.25) is 4.90 Å². The molecule has 1 heterocycles.